The number of H-pyrrole nitrogens is 1. The largest absolute Gasteiger partial charge is 0.327 e. The van der Waals surface area contributed by atoms with Gasteiger partial charge in [-0.2, -0.15) is 0 Å². The number of aryl methyl sites for hydroxylation is 1. The first kappa shape index (κ1) is 15.5. The minimum absolute atomic E-state index is 0.222. The number of halogens is 1. The molecular formula is C14H14BrN7OS. The van der Waals surface area contributed by atoms with Crippen molar-refractivity contribution in [2.75, 3.05) is 0 Å². The van der Waals surface area contributed by atoms with Gasteiger partial charge in [0.05, 0.1) is 0 Å². The van der Waals surface area contributed by atoms with Crippen molar-refractivity contribution in [1.29, 1.82) is 0 Å². The number of nitrogens with zero attached hydrogens (tertiary/aromatic N) is 6. The third kappa shape index (κ3) is 2.37. The van der Waals surface area contributed by atoms with E-state index in [1.165, 1.54) is 15.7 Å². The zero-order chi connectivity index (χ0) is 16.7. The highest BCUT2D eigenvalue weighted by molar-refractivity contribution is 9.10. The molecule has 0 aliphatic carbocycles. The van der Waals surface area contributed by atoms with E-state index < -0.39 is 0 Å². The number of rotatable bonds is 5. The molecule has 0 unspecified atom stereocenters. The summed E-state index contributed by atoms with van der Waals surface area (Å²) in [6, 6.07) is 0. The molecule has 0 aliphatic rings. The average Bonchev–Trinajstić information content (AvgIpc) is 3.28. The lowest BCUT2D eigenvalue weighted by molar-refractivity contribution is 0.612. The van der Waals surface area contributed by atoms with Crippen molar-refractivity contribution < 1.29 is 0 Å². The van der Waals surface area contributed by atoms with Gasteiger partial charge in [-0.15, -0.1) is 21.5 Å². The van der Waals surface area contributed by atoms with Gasteiger partial charge in [0.1, 0.15) is 0 Å². The predicted octanol–water partition coefficient (Wildman–Crippen LogP) is 2.84. The molecule has 1 N–H and O–H groups in total. The van der Waals surface area contributed by atoms with Gasteiger partial charge < -0.3 is 4.98 Å². The Morgan fingerprint density at radius 3 is 2.96 bits per heavy atom. The Morgan fingerprint density at radius 1 is 1.33 bits per heavy atom. The predicted molar refractivity (Wildman–Crippen MR) is 95.2 cm³/mol. The fourth-order valence-corrected chi connectivity index (χ4v) is 3.70. The summed E-state index contributed by atoms with van der Waals surface area (Å²) in [5, 5.41) is 11.0. The molecule has 0 fully saturated rings. The maximum Gasteiger partial charge on any atom is 0.286 e. The van der Waals surface area contributed by atoms with Crippen LogP contribution in [0.25, 0.3) is 27.8 Å². The molecule has 0 saturated carbocycles. The highest BCUT2D eigenvalue weighted by Gasteiger charge is 2.20. The fraction of sp³-hybridized carbons (Fsp3) is 0.357. The van der Waals surface area contributed by atoms with Crippen LogP contribution in [0.5, 0.6) is 0 Å². The highest BCUT2D eigenvalue weighted by atomic mass is 79.9. The minimum atomic E-state index is -0.222. The van der Waals surface area contributed by atoms with Crippen LogP contribution in [0, 0.1) is 0 Å². The molecule has 0 radical (unpaired) electrons. The van der Waals surface area contributed by atoms with Crippen LogP contribution >= 0.6 is 27.3 Å². The Hall–Kier alpha value is -2.07. The van der Waals surface area contributed by atoms with Gasteiger partial charge in [0.2, 0.25) is 11.6 Å². The number of imidazole rings is 1. The van der Waals surface area contributed by atoms with Crippen LogP contribution in [0.2, 0.25) is 0 Å². The lowest BCUT2D eigenvalue weighted by Crippen LogP contribution is -2.20. The Balaban J connectivity index is 2.03. The maximum absolute atomic E-state index is 12.9. The standard InChI is InChI=1S/C14H14BrN7OS/c1-2-3-4-6-21-9-8(17-13(15)18-9)12(23)22-10(19-20-14(21)22)11-16-5-7-24-11/h5,7H,2-4,6H2,1H3,(H,17,18). The summed E-state index contributed by atoms with van der Waals surface area (Å²) in [6.45, 7) is 2.88. The van der Waals surface area contributed by atoms with Gasteiger partial charge in [-0.05, 0) is 22.4 Å². The molecule has 0 spiro atoms. The monoisotopic (exact) mass is 407 g/mol. The van der Waals surface area contributed by atoms with E-state index in [1.807, 2.05) is 9.95 Å². The van der Waals surface area contributed by atoms with Crippen molar-refractivity contribution in [2.45, 2.75) is 32.7 Å². The molecule has 0 aliphatic heterocycles. The molecule has 4 rings (SSSR count). The van der Waals surface area contributed by atoms with E-state index in [4.69, 9.17) is 0 Å². The average molecular weight is 408 g/mol. The van der Waals surface area contributed by atoms with Crippen LogP contribution in [-0.4, -0.2) is 34.1 Å². The molecule has 4 aromatic heterocycles. The van der Waals surface area contributed by atoms with Crippen LogP contribution in [0.15, 0.2) is 21.1 Å². The Labute approximate surface area is 148 Å². The van der Waals surface area contributed by atoms with Crippen molar-refractivity contribution in [2.24, 2.45) is 0 Å². The van der Waals surface area contributed by atoms with Gasteiger partial charge >= 0.3 is 0 Å². The lowest BCUT2D eigenvalue weighted by atomic mass is 10.2. The molecule has 4 heterocycles. The van der Waals surface area contributed by atoms with Gasteiger partial charge in [-0.1, -0.05) is 19.8 Å². The number of thiazole rings is 1. The third-order valence-corrected chi connectivity index (χ3v) is 4.97. The van der Waals surface area contributed by atoms with Gasteiger partial charge in [0, 0.05) is 18.1 Å². The molecule has 0 saturated heterocycles. The van der Waals surface area contributed by atoms with Crippen LogP contribution in [0.4, 0.5) is 0 Å². The third-order valence-electron chi connectivity index (χ3n) is 3.82. The van der Waals surface area contributed by atoms with Crippen LogP contribution in [0.3, 0.4) is 0 Å². The SMILES string of the molecule is CCCCCn1c2nc(Br)[nH]c2c(=O)n2c(-c3nccs3)nnc12. The number of nitrogens with one attached hydrogen (secondary N) is 1. The number of aromatic amines is 1. The van der Waals surface area contributed by atoms with Crippen LogP contribution < -0.4 is 5.56 Å². The lowest BCUT2D eigenvalue weighted by Gasteiger charge is -2.08. The van der Waals surface area contributed by atoms with Crippen molar-refractivity contribution in [1.82, 2.24) is 34.1 Å². The normalized spacial score (nSPS) is 11.8. The minimum Gasteiger partial charge on any atom is -0.327 e. The first-order valence-corrected chi connectivity index (χ1v) is 9.31. The number of fused-ring (bicyclic) bond motifs is 2. The summed E-state index contributed by atoms with van der Waals surface area (Å²) < 4.78 is 3.98. The summed E-state index contributed by atoms with van der Waals surface area (Å²) in [4.78, 5) is 24.6. The molecule has 4 aromatic rings. The van der Waals surface area contributed by atoms with Crippen LogP contribution in [-0.2, 0) is 6.54 Å². The summed E-state index contributed by atoms with van der Waals surface area (Å²) in [5.74, 6) is 0.953. The maximum atomic E-state index is 12.9. The summed E-state index contributed by atoms with van der Waals surface area (Å²) in [7, 11) is 0. The molecule has 0 bridgehead atoms. The van der Waals surface area contributed by atoms with E-state index >= 15 is 0 Å². The zero-order valence-electron chi connectivity index (χ0n) is 12.9. The number of hydrogen-bond donors (Lipinski definition) is 1. The van der Waals surface area contributed by atoms with E-state index in [1.54, 1.807) is 6.20 Å². The van der Waals surface area contributed by atoms with Crippen molar-refractivity contribution in [3.63, 3.8) is 0 Å². The summed E-state index contributed by atoms with van der Waals surface area (Å²) >= 11 is 4.74. The fourth-order valence-electron chi connectivity index (χ4n) is 2.72. The number of unbranched alkanes of at least 4 members (excludes halogenated alkanes) is 2. The Bertz CT molecular complexity index is 1060. The molecule has 0 aromatic carbocycles. The van der Waals surface area contributed by atoms with Crippen molar-refractivity contribution >= 4 is 44.2 Å². The molecule has 0 amide bonds. The number of aromatic nitrogens is 7. The molecule has 124 valence electrons. The first-order chi connectivity index (χ1) is 11.7. The first-order valence-electron chi connectivity index (χ1n) is 7.63. The Kier molecular flexibility index (Phi) is 3.93. The van der Waals surface area contributed by atoms with Gasteiger partial charge in [0.15, 0.2) is 20.9 Å². The van der Waals surface area contributed by atoms with Gasteiger partial charge in [-0.3, -0.25) is 9.36 Å². The zero-order valence-corrected chi connectivity index (χ0v) is 15.3. The summed E-state index contributed by atoms with van der Waals surface area (Å²) in [6.07, 6.45) is 4.88. The van der Waals surface area contributed by atoms with Crippen LogP contribution in [0.1, 0.15) is 26.2 Å². The van der Waals surface area contributed by atoms with Crippen molar-refractivity contribution in [3.05, 3.63) is 26.7 Å². The van der Waals surface area contributed by atoms with E-state index in [0.717, 1.165) is 25.8 Å². The second kappa shape index (κ2) is 6.10. The topological polar surface area (TPSA) is 93.8 Å². The second-order valence-electron chi connectivity index (χ2n) is 5.39. The molecule has 10 heteroatoms. The summed E-state index contributed by atoms with van der Waals surface area (Å²) in [5.41, 5.74) is 0.803. The molecule has 0 atom stereocenters. The van der Waals surface area contributed by atoms with Gasteiger partial charge in [-0.25, -0.2) is 14.4 Å². The van der Waals surface area contributed by atoms with Gasteiger partial charge in [0.25, 0.3) is 5.56 Å². The quantitative estimate of drug-likeness (QED) is 0.405. The van der Waals surface area contributed by atoms with E-state index in [2.05, 4.69) is 48.0 Å². The second-order valence-corrected chi connectivity index (χ2v) is 7.03. The molecule has 8 nitrogen and oxygen atoms in total. The van der Waals surface area contributed by atoms with Crippen molar-refractivity contribution in [3.8, 4) is 10.8 Å². The van der Waals surface area contributed by atoms with E-state index in [9.17, 15) is 4.79 Å². The number of hydrogen-bond acceptors (Lipinski definition) is 6. The van der Waals surface area contributed by atoms with E-state index in [-0.39, 0.29) is 5.56 Å². The molecule has 24 heavy (non-hydrogen) atoms. The van der Waals surface area contributed by atoms with E-state index in [0.29, 0.717) is 32.5 Å². The highest BCUT2D eigenvalue weighted by Crippen LogP contribution is 2.22. The molecular weight excluding hydrogens is 394 g/mol. The smallest absolute Gasteiger partial charge is 0.286 e. The Morgan fingerprint density at radius 2 is 2.21 bits per heavy atom.